The van der Waals surface area contributed by atoms with Crippen LogP contribution in [-0.2, 0) is 16.4 Å². The van der Waals surface area contributed by atoms with Crippen molar-refractivity contribution in [2.24, 2.45) is 4.99 Å². The van der Waals surface area contributed by atoms with Crippen LogP contribution in [0, 0.1) is 5.82 Å². The van der Waals surface area contributed by atoms with Gasteiger partial charge in [0.05, 0.1) is 19.3 Å². The number of hydrogen-bond acceptors (Lipinski definition) is 5. The standard InChI is InChI=1S/C38H52FNO4/c1-10-12-20-43-34-18-14-28(36(4,5)6)23-31(34)38(42,26(3)40-25-27-22-30(39)16-17-33(27)41)32-24-29(37(7,8)9)15-19-35(32)44-21-13-11-2/h14-19,22-26,41-42H,10-13,20-21H2,1-9H3. The van der Waals surface area contributed by atoms with E-state index in [4.69, 9.17) is 14.5 Å². The minimum atomic E-state index is -1.72. The molecule has 0 aliphatic carbocycles. The molecule has 3 rings (SSSR count). The Bertz CT molecular complexity index is 1350. The number of halogens is 1. The lowest BCUT2D eigenvalue weighted by atomic mass is 9.75. The summed E-state index contributed by atoms with van der Waals surface area (Å²) in [6, 6.07) is 14.9. The second kappa shape index (κ2) is 14.6. The Labute approximate surface area is 264 Å². The first-order valence-electron chi connectivity index (χ1n) is 15.9. The van der Waals surface area contributed by atoms with Crippen LogP contribution in [0.5, 0.6) is 17.2 Å². The number of unbranched alkanes of at least 4 members (excludes halogenated alkanes) is 2. The molecular weight excluding hydrogens is 553 g/mol. The Morgan fingerprint density at radius 1 is 0.773 bits per heavy atom. The lowest BCUT2D eigenvalue weighted by molar-refractivity contribution is 0.0519. The van der Waals surface area contributed by atoms with E-state index in [1.807, 2.05) is 43.3 Å². The van der Waals surface area contributed by atoms with Crippen molar-refractivity contribution in [2.45, 2.75) is 110 Å². The van der Waals surface area contributed by atoms with E-state index in [9.17, 15) is 14.6 Å². The van der Waals surface area contributed by atoms with Crippen LogP contribution in [0.25, 0.3) is 0 Å². The molecule has 0 fully saturated rings. The van der Waals surface area contributed by atoms with Crippen LogP contribution in [0.2, 0.25) is 0 Å². The molecule has 0 saturated carbocycles. The van der Waals surface area contributed by atoms with Crippen LogP contribution >= 0.6 is 0 Å². The van der Waals surface area contributed by atoms with E-state index >= 15 is 0 Å². The van der Waals surface area contributed by atoms with Gasteiger partial charge in [0.2, 0.25) is 0 Å². The fraction of sp³-hybridized carbons (Fsp3) is 0.500. The van der Waals surface area contributed by atoms with Gasteiger partial charge in [0, 0.05) is 22.9 Å². The van der Waals surface area contributed by atoms with Gasteiger partial charge in [-0.25, -0.2) is 4.39 Å². The lowest BCUT2D eigenvalue weighted by Crippen LogP contribution is -2.39. The molecule has 0 aliphatic heterocycles. The van der Waals surface area contributed by atoms with Crippen molar-refractivity contribution < 1.29 is 24.1 Å². The smallest absolute Gasteiger partial charge is 0.144 e. The molecule has 44 heavy (non-hydrogen) atoms. The highest BCUT2D eigenvalue weighted by atomic mass is 19.1. The summed E-state index contributed by atoms with van der Waals surface area (Å²) in [5, 5.41) is 23.7. The third-order valence-electron chi connectivity index (χ3n) is 8.05. The normalized spacial score (nSPS) is 13.3. The highest BCUT2D eigenvalue weighted by Crippen LogP contribution is 2.46. The van der Waals surface area contributed by atoms with Crippen LogP contribution in [0.3, 0.4) is 0 Å². The predicted octanol–water partition coefficient (Wildman–Crippen LogP) is 9.23. The molecule has 2 N–H and O–H groups in total. The molecule has 5 nitrogen and oxygen atoms in total. The van der Waals surface area contributed by atoms with Crippen molar-refractivity contribution in [2.75, 3.05) is 13.2 Å². The number of phenols is 1. The minimum absolute atomic E-state index is 0.0949. The van der Waals surface area contributed by atoms with Gasteiger partial charge in [-0.1, -0.05) is 80.4 Å². The van der Waals surface area contributed by atoms with Crippen LogP contribution in [0.15, 0.2) is 59.6 Å². The van der Waals surface area contributed by atoms with Gasteiger partial charge < -0.3 is 19.7 Å². The zero-order valence-corrected chi connectivity index (χ0v) is 28.1. The largest absolute Gasteiger partial charge is 0.507 e. The third kappa shape index (κ3) is 8.41. The summed E-state index contributed by atoms with van der Waals surface area (Å²) < 4.78 is 26.8. The van der Waals surface area contributed by atoms with Crippen LogP contribution in [0.4, 0.5) is 4.39 Å². The van der Waals surface area contributed by atoms with Crippen LogP contribution < -0.4 is 9.47 Å². The molecule has 0 aromatic heterocycles. The molecule has 0 radical (unpaired) electrons. The van der Waals surface area contributed by atoms with E-state index in [1.54, 1.807) is 0 Å². The van der Waals surface area contributed by atoms with Crippen LogP contribution in [0.1, 0.15) is 116 Å². The van der Waals surface area contributed by atoms with Gasteiger partial charge in [0.15, 0.2) is 0 Å². The van der Waals surface area contributed by atoms with Crippen molar-refractivity contribution >= 4 is 6.21 Å². The van der Waals surface area contributed by atoms with Gasteiger partial charge in [-0.3, -0.25) is 4.99 Å². The molecule has 240 valence electrons. The molecule has 0 bridgehead atoms. The lowest BCUT2D eigenvalue weighted by Gasteiger charge is -2.37. The Hall–Kier alpha value is -3.38. The molecule has 0 aliphatic rings. The van der Waals surface area contributed by atoms with Gasteiger partial charge in [0.25, 0.3) is 0 Å². The molecule has 1 unspecified atom stereocenters. The molecule has 1 atom stereocenters. The summed E-state index contributed by atoms with van der Waals surface area (Å²) in [7, 11) is 0. The number of aliphatic hydroxyl groups is 1. The monoisotopic (exact) mass is 605 g/mol. The average Bonchev–Trinajstić information content (AvgIpc) is 2.96. The van der Waals surface area contributed by atoms with Crippen molar-refractivity contribution in [3.8, 4) is 17.2 Å². The highest BCUT2D eigenvalue weighted by Gasteiger charge is 2.43. The molecule has 0 spiro atoms. The summed E-state index contributed by atoms with van der Waals surface area (Å²) >= 11 is 0. The summed E-state index contributed by atoms with van der Waals surface area (Å²) in [6.45, 7) is 19.9. The van der Waals surface area contributed by atoms with Crippen molar-refractivity contribution in [1.29, 1.82) is 0 Å². The number of aliphatic imine (C=N–C) groups is 1. The molecule has 0 heterocycles. The Morgan fingerprint density at radius 2 is 1.25 bits per heavy atom. The SMILES string of the molecule is CCCCOc1ccc(C(C)(C)C)cc1C(O)(c1cc(C(C)(C)C)ccc1OCCCC)C(C)N=Cc1cc(F)ccc1O. The number of benzene rings is 3. The van der Waals surface area contributed by atoms with Crippen molar-refractivity contribution in [1.82, 2.24) is 0 Å². The molecular formula is C38H52FNO4. The van der Waals surface area contributed by atoms with E-state index in [0.29, 0.717) is 35.8 Å². The van der Waals surface area contributed by atoms with Crippen molar-refractivity contribution in [3.63, 3.8) is 0 Å². The first kappa shape index (κ1) is 35.1. The maximum absolute atomic E-state index is 14.1. The van der Waals surface area contributed by atoms with E-state index in [0.717, 1.165) is 36.8 Å². The average molecular weight is 606 g/mol. The predicted molar refractivity (Wildman–Crippen MR) is 179 cm³/mol. The first-order chi connectivity index (χ1) is 20.6. The fourth-order valence-corrected chi connectivity index (χ4v) is 5.02. The summed E-state index contributed by atoms with van der Waals surface area (Å²) in [6.07, 6.45) is 5.11. The molecule has 6 heteroatoms. The summed E-state index contributed by atoms with van der Waals surface area (Å²) in [5.41, 5.74) is 1.34. The Balaban J connectivity index is 2.38. The summed E-state index contributed by atoms with van der Waals surface area (Å²) in [5.74, 6) is 0.569. The third-order valence-corrected chi connectivity index (χ3v) is 8.05. The number of nitrogens with zero attached hydrogens (tertiary/aromatic N) is 1. The quantitative estimate of drug-likeness (QED) is 0.150. The van der Waals surface area contributed by atoms with Gasteiger partial charge in [-0.15, -0.1) is 0 Å². The second-order valence-electron chi connectivity index (χ2n) is 13.7. The number of aromatic hydroxyl groups is 1. The van der Waals surface area contributed by atoms with Gasteiger partial charge in [0.1, 0.15) is 28.7 Å². The highest BCUT2D eigenvalue weighted by molar-refractivity contribution is 5.83. The van der Waals surface area contributed by atoms with Gasteiger partial charge in [-0.2, -0.15) is 0 Å². The van der Waals surface area contributed by atoms with E-state index in [-0.39, 0.29) is 22.1 Å². The van der Waals surface area contributed by atoms with Crippen molar-refractivity contribution in [3.05, 3.63) is 88.2 Å². The zero-order valence-electron chi connectivity index (χ0n) is 28.1. The maximum atomic E-state index is 14.1. The fourth-order valence-electron chi connectivity index (χ4n) is 5.02. The second-order valence-corrected chi connectivity index (χ2v) is 13.7. The van der Waals surface area contributed by atoms with E-state index in [2.05, 4.69) is 55.4 Å². The number of rotatable bonds is 13. The zero-order chi connectivity index (χ0) is 32.7. The number of ether oxygens (including phenoxy) is 2. The number of phenolic OH excluding ortho intramolecular Hbond substituents is 1. The maximum Gasteiger partial charge on any atom is 0.144 e. The minimum Gasteiger partial charge on any atom is -0.507 e. The first-order valence-corrected chi connectivity index (χ1v) is 15.9. The summed E-state index contributed by atoms with van der Waals surface area (Å²) in [4.78, 5) is 4.77. The molecule has 3 aromatic carbocycles. The molecule has 0 saturated heterocycles. The van der Waals surface area contributed by atoms with Crippen LogP contribution in [-0.4, -0.2) is 35.7 Å². The topological polar surface area (TPSA) is 71.3 Å². The van der Waals surface area contributed by atoms with Gasteiger partial charge in [-0.05, 0) is 84.2 Å². The van der Waals surface area contributed by atoms with E-state index in [1.165, 1.54) is 24.4 Å². The Morgan fingerprint density at radius 3 is 1.68 bits per heavy atom. The molecule has 0 amide bonds. The number of hydrogen-bond donors (Lipinski definition) is 2. The van der Waals surface area contributed by atoms with Gasteiger partial charge >= 0.3 is 0 Å². The Kier molecular flexibility index (Phi) is 11.6. The molecule has 3 aromatic rings. The van der Waals surface area contributed by atoms with E-state index < -0.39 is 17.5 Å².